The van der Waals surface area contributed by atoms with Crippen LogP contribution in [0.5, 0.6) is 0 Å². The minimum absolute atomic E-state index is 0.131. The van der Waals surface area contributed by atoms with Crippen LogP contribution in [0.15, 0.2) is 53.6 Å². The molecule has 2 amide bonds. The first kappa shape index (κ1) is 21.2. The van der Waals surface area contributed by atoms with Crippen LogP contribution in [0.4, 0.5) is 4.79 Å². The molecule has 1 fully saturated rings. The number of likely N-dealkylation sites (tertiary alicyclic amines) is 1. The lowest BCUT2D eigenvalue weighted by Gasteiger charge is -2.32. The molecule has 3 rings (SSSR count). The Kier molecular flexibility index (Phi) is 7.18. The summed E-state index contributed by atoms with van der Waals surface area (Å²) in [5.41, 5.74) is 1.78. The van der Waals surface area contributed by atoms with Crippen molar-refractivity contribution in [3.63, 3.8) is 0 Å². The Morgan fingerprint density at radius 1 is 1.17 bits per heavy atom. The third-order valence-electron chi connectivity index (χ3n) is 4.97. The van der Waals surface area contributed by atoms with Crippen molar-refractivity contribution in [2.45, 2.75) is 36.9 Å². The van der Waals surface area contributed by atoms with Crippen LogP contribution >= 0.6 is 0 Å². The molecule has 1 aromatic heterocycles. The number of nitrogens with one attached hydrogen (secondary N) is 3. The summed E-state index contributed by atoms with van der Waals surface area (Å²) in [6, 6.07) is 12.3. The quantitative estimate of drug-likeness (QED) is 0.633. The van der Waals surface area contributed by atoms with Crippen molar-refractivity contribution in [1.29, 1.82) is 0 Å². The predicted molar refractivity (Wildman–Crippen MR) is 111 cm³/mol. The number of piperidine rings is 1. The Hall–Kier alpha value is -2.49. The second-order valence-corrected chi connectivity index (χ2v) is 8.94. The lowest BCUT2D eigenvalue weighted by molar-refractivity contribution is 0.185. The highest BCUT2D eigenvalue weighted by Gasteiger charge is 2.21. The zero-order valence-corrected chi connectivity index (χ0v) is 17.3. The van der Waals surface area contributed by atoms with Crippen molar-refractivity contribution in [3.8, 4) is 0 Å². The number of carbonyl (C=O) groups excluding carboxylic acids is 1. The second-order valence-electron chi connectivity index (χ2n) is 7.05. The summed E-state index contributed by atoms with van der Waals surface area (Å²) in [7, 11) is -2.13. The van der Waals surface area contributed by atoms with Gasteiger partial charge in [0.1, 0.15) is 0 Å². The van der Waals surface area contributed by atoms with E-state index < -0.39 is 10.0 Å². The number of sulfonamides is 1. The molecule has 0 radical (unpaired) electrons. The van der Waals surface area contributed by atoms with Crippen LogP contribution in [0.25, 0.3) is 0 Å². The molecule has 1 aromatic carbocycles. The molecule has 9 heteroatoms. The van der Waals surface area contributed by atoms with Gasteiger partial charge in [0.15, 0.2) is 0 Å². The van der Waals surface area contributed by atoms with Gasteiger partial charge in [-0.1, -0.05) is 18.2 Å². The maximum absolute atomic E-state index is 12.2. The Labute approximate surface area is 171 Å². The van der Waals surface area contributed by atoms with Gasteiger partial charge in [0.2, 0.25) is 10.0 Å². The van der Waals surface area contributed by atoms with E-state index in [1.54, 1.807) is 24.4 Å². The largest absolute Gasteiger partial charge is 0.335 e. The molecule has 29 heavy (non-hydrogen) atoms. The van der Waals surface area contributed by atoms with Gasteiger partial charge in [-0.05, 0) is 49.7 Å². The van der Waals surface area contributed by atoms with Crippen LogP contribution in [0, 0.1) is 0 Å². The third kappa shape index (κ3) is 6.25. The molecular formula is C20H27N5O3S. The predicted octanol–water partition coefficient (Wildman–Crippen LogP) is 1.45. The van der Waals surface area contributed by atoms with Crippen molar-refractivity contribution in [1.82, 2.24) is 25.2 Å². The number of hydrogen-bond acceptors (Lipinski definition) is 5. The summed E-state index contributed by atoms with van der Waals surface area (Å²) < 4.78 is 26.0. The summed E-state index contributed by atoms with van der Waals surface area (Å²) in [4.78, 5) is 19.1. The number of aromatic nitrogens is 1. The Bertz CT molecular complexity index is 913. The zero-order valence-electron chi connectivity index (χ0n) is 16.5. The van der Waals surface area contributed by atoms with Crippen LogP contribution < -0.4 is 15.4 Å². The molecule has 1 aliphatic rings. The Balaban J connectivity index is 1.42. The number of pyridine rings is 1. The molecule has 0 saturated carbocycles. The van der Waals surface area contributed by atoms with Crippen molar-refractivity contribution < 1.29 is 13.2 Å². The summed E-state index contributed by atoms with van der Waals surface area (Å²) >= 11 is 0. The third-order valence-corrected chi connectivity index (χ3v) is 6.38. The lowest BCUT2D eigenvalue weighted by Crippen LogP contribution is -2.47. The maximum Gasteiger partial charge on any atom is 0.315 e. The summed E-state index contributed by atoms with van der Waals surface area (Å²) in [5.74, 6) is 0. The van der Waals surface area contributed by atoms with Gasteiger partial charge in [0.05, 0.1) is 10.6 Å². The minimum Gasteiger partial charge on any atom is -0.335 e. The van der Waals surface area contributed by atoms with Crippen molar-refractivity contribution in [2.24, 2.45) is 0 Å². The van der Waals surface area contributed by atoms with Crippen LogP contribution in [0.1, 0.15) is 24.1 Å². The fourth-order valence-corrected chi connectivity index (χ4v) is 4.12. The van der Waals surface area contributed by atoms with E-state index in [1.807, 2.05) is 18.2 Å². The van der Waals surface area contributed by atoms with E-state index in [-0.39, 0.29) is 23.5 Å². The van der Waals surface area contributed by atoms with Crippen LogP contribution in [0.3, 0.4) is 0 Å². The second kappa shape index (κ2) is 9.82. The minimum atomic E-state index is -3.50. The van der Waals surface area contributed by atoms with Gasteiger partial charge in [-0.2, -0.15) is 0 Å². The van der Waals surface area contributed by atoms with E-state index in [2.05, 4.69) is 25.2 Å². The number of nitrogens with zero attached hydrogens (tertiary/aromatic N) is 2. The van der Waals surface area contributed by atoms with Gasteiger partial charge < -0.3 is 10.6 Å². The molecule has 0 spiro atoms. The topological polar surface area (TPSA) is 103 Å². The van der Waals surface area contributed by atoms with Gasteiger partial charge in [-0.25, -0.2) is 17.9 Å². The van der Waals surface area contributed by atoms with E-state index in [9.17, 15) is 13.2 Å². The monoisotopic (exact) mass is 417 g/mol. The fraction of sp³-hybridized carbons (Fsp3) is 0.400. The van der Waals surface area contributed by atoms with Gasteiger partial charge in [0, 0.05) is 38.4 Å². The Morgan fingerprint density at radius 2 is 1.97 bits per heavy atom. The number of rotatable bonds is 7. The maximum atomic E-state index is 12.2. The normalized spacial score (nSPS) is 15.8. The van der Waals surface area contributed by atoms with Gasteiger partial charge in [-0.15, -0.1) is 0 Å². The molecule has 0 bridgehead atoms. The molecule has 3 N–H and O–H groups in total. The summed E-state index contributed by atoms with van der Waals surface area (Å²) in [6.07, 6.45) is 3.57. The van der Waals surface area contributed by atoms with E-state index in [0.717, 1.165) is 43.7 Å². The molecule has 1 saturated heterocycles. The number of benzene rings is 1. The van der Waals surface area contributed by atoms with Crippen LogP contribution in [-0.2, 0) is 23.1 Å². The number of carbonyl (C=O) groups is 1. The number of amides is 2. The summed E-state index contributed by atoms with van der Waals surface area (Å²) in [6.45, 7) is 2.90. The van der Waals surface area contributed by atoms with Crippen LogP contribution in [0.2, 0.25) is 0 Å². The highest BCUT2D eigenvalue weighted by atomic mass is 32.2. The smallest absolute Gasteiger partial charge is 0.315 e. The van der Waals surface area contributed by atoms with E-state index in [1.165, 1.54) is 13.1 Å². The fourth-order valence-electron chi connectivity index (χ4n) is 3.32. The van der Waals surface area contributed by atoms with Gasteiger partial charge in [0.25, 0.3) is 0 Å². The Morgan fingerprint density at radius 3 is 2.66 bits per heavy atom. The SMILES string of the molecule is CNS(=O)(=O)c1cccc(CNC(=O)NC2CCN(Cc3ccccn3)CC2)c1. The van der Waals surface area contributed by atoms with Crippen molar-refractivity contribution >= 4 is 16.1 Å². The van der Waals surface area contributed by atoms with Gasteiger partial charge >= 0.3 is 6.03 Å². The first-order valence-corrected chi connectivity index (χ1v) is 11.1. The van der Waals surface area contributed by atoms with E-state index >= 15 is 0 Å². The molecular weight excluding hydrogens is 390 g/mol. The molecule has 2 aromatic rings. The van der Waals surface area contributed by atoms with Crippen molar-refractivity contribution in [2.75, 3.05) is 20.1 Å². The van der Waals surface area contributed by atoms with E-state index in [4.69, 9.17) is 0 Å². The number of urea groups is 1. The average Bonchev–Trinajstić information content (AvgIpc) is 2.75. The molecule has 156 valence electrons. The molecule has 8 nitrogen and oxygen atoms in total. The van der Waals surface area contributed by atoms with Gasteiger partial charge in [-0.3, -0.25) is 9.88 Å². The molecule has 0 atom stereocenters. The number of hydrogen-bond donors (Lipinski definition) is 3. The lowest BCUT2D eigenvalue weighted by atomic mass is 10.1. The standard InChI is InChI=1S/C20H27N5O3S/c1-21-29(27,28)19-7-4-5-16(13-19)14-23-20(26)24-17-8-11-25(12-9-17)15-18-6-2-3-10-22-18/h2-7,10,13,17,21H,8-9,11-12,14-15H2,1H3,(H2,23,24,26). The zero-order chi connectivity index (χ0) is 20.7. The van der Waals surface area contributed by atoms with E-state index in [0.29, 0.717) is 0 Å². The molecule has 1 aliphatic heterocycles. The highest BCUT2D eigenvalue weighted by Crippen LogP contribution is 2.13. The molecule has 0 aliphatic carbocycles. The summed E-state index contributed by atoms with van der Waals surface area (Å²) in [5, 5.41) is 5.81. The first-order chi connectivity index (χ1) is 14.0. The average molecular weight is 418 g/mol. The van der Waals surface area contributed by atoms with Crippen molar-refractivity contribution in [3.05, 3.63) is 59.9 Å². The van der Waals surface area contributed by atoms with Crippen LogP contribution in [-0.4, -0.2) is 50.5 Å². The first-order valence-electron chi connectivity index (χ1n) is 9.65. The highest BCUT2D eigenvalue weighted by molar-refractivity contribution is 7.89. The molecule has 0 unspecified atom stereocenters. The molecule has 2 heterocycles.